The summed E-state index contributed by atoms with van der Waals surface area (Å²) in [6.45, 7) is 17.5. The van der Waals surface area contributed by atoms with Crippen LogP contribution in [0.4, 0.5) is 0 Å². The van der Waals surface area contributed by atoms with Crippen LogP contribution >= 0.6 is 0 Å². The molecule has 5 heteroatoms. The van der Waals surface area contributed by atoms with Gasteiger partial charge in [0.2, 0.25) is 0 Å². The van der Waals surface area contributed by atoms with Crippen molar-refractivity contribution in [1.29, 1.82) is 0 Å². The van der Waals surface area contributed by atoms with Crippen molar-refractivity contribution in [3.05, 3.63) is 0 Å². The number of aliphatic hydroxyl groups is 1. The van der Waals surface area contributed by atoms with Crippen LogP contribution in [-0.4, -0.2) is 45.7 Å². The van der Waals surface area contributed by atoms with Crippen LogP contribution in [0.3, 0.4) is 0 Å². The van der Waals surface area contributed by atoms with E-state index in [0.29, 0.717) is 30.5 Å². The van der Waals surface area contributed by atoms with Crippen LogP contribution < -0.4 is 0 Å². The van der Waals surface area contributed by atoms with Gasteiger partial charge in [0, 0.05) is 29.6 Å². The average molecular weight is 491 g/mol. The predicted molar refractivity (Wildman–Crippen MR) is 136 cm³/mol. The van der Waals surface area contributed by atoms with Crippen molar-refractivity contribution in [2.45, 2.75) is 154 Å². The molecule has 1 N–H and O–H groups in total. The van der Waals surface area contributed by atoms with Crippen LogP contribution in [0.5, 0.6) is 0 Å². The van der Waals surface area contributed by atoms with Gasteiger partial charge in [-0.1, -0.05) is 41.5 Å². The molecule has 200 valence electrons. The molecule has 6 rings (SSSR count). The summed E-state index contributed by atoms with van der Waals surface area (Å²) in [4.78, 5) is 12.6. The summed E-state index contributed by atoms with van der Waals surface area (Å²) in [5, 5.41) is 11.5. The second-order valence-corrected chi connectivity index (χ2v) is 14.3. The quantitative estimate of drug-likeness (QED) is 0.460. The van der Waals surface area contributed by atoms with Gasteiger partial charge in [0.15, 0.2) is 5.79 Å². The summed E-state index contributed by atoms with van der Waals surface area (Å²) < 4.78 is 20.2. The van der Waals surface area contributed by atoms with Crippen molar-refractivity contribution in [3.8, 4) is 0 Å². The molecule has 2 saturated carbocycles. The summed E-state index contributed by atoms with van der Waals surface area (Å²) in [6.07, 6.45) is 9.75. The molecule has 6 fully saturated rings. The number of carbonyl (C=O) groups is 1. The lowest BCUT2D eigenvalue weighted by molar-refractivity contribution is -0.412. The average Bonchev–Trinajstić information content (AvgIpc) is 3.14. The minimum atomic E-state index is -1.22. The van der Waals surface area contributed by atoms with Gasteiger partial charge in [0.25, 0.3) is 0 Å². The number of hydrogen-bond acceptors (Lipinski definition) is 5. The predicted octanol–water partition coefficient (Wildman–Crippen LogP) is 6.20. The highest BCUT2D eigenvalue weighted by Crippen LogP contribution is 2.68. The topological polar surface area (TPSA) is 65.0 Å². The highest BCUT2D eigenvalue weighted by Gasteiger charge is 2.74. The molecule has 0 aromatic carbocycles. The van der Waals surface area contributed by atoms with Crippen molar-refractivity contribution < 1.29 is 24.1 Å². The van der Waals surface area contributed by atoms with E-state index in [1.165, 1.54) is 6.42 Å². The molecule has 4 aliphatic heterocycles. The molecule has 5 nitrogen and oxygen atoms in total. The largest absolute Gasteiger partial charge is 0.370 e. The Balaban J connectivity index is 1.41. The first-order chi connectivity index (χ1) is 16.2. The van der Waals surface area contributed by atoms with E-state index in [1.54, 1.807) is 0 Å². The number of Topliss-reactive ketones (excluding diaryl/α,β-unsaturated/α-hetero) is 1. The summed E-state index contributed by atoms with van der Waals surface area (Å²) in [7, 11) is 0. The minimum Gasteiger partial charge on any atom is -0.370 e. The van der Waals surface area contributed by atoms with Gasteiger partial charge in [-0.05, 0) is 77.0 Å². The first-order valence-electron chi connectivity index (χ1n) is 14.5. The summed E-state index contributed by atoms with van der Waals surface area (Å²) in [6, 6.07) is 0. The Morgan fingerprint density at radius 1 is 0.857 bits per heavy atom. The fourth-order valence-corrected chi connectivity index (χ4v) is 9.11. The molecule has 35 heavy (non-hydrogen) atoms. The van der Waals surface area contributed by atoms with Crippen molar-refractivity contribution in [2.24, 2.45) is 28.6 Å². The Morgan fingerprint density at radius 3 is 2.17 bits per heavy atom. The smallest absolute Gasteiger partial charge is 0.195 e. The summed E-state index contributed by atoms with van der Waals surface area (Å²) in [5.41, 5.74) is -1.38. The Bertz CT molecular complexity index is 869. The Hall–Kier alpha value is -0.490. The van der Waals surface area contributed by atoms with E-state index in [2.05, 4.69) is 27.7 Å². The Kier molecular flexibility index (Phi) is 5.98. The van der Waals surface area contributed by atoms with Crippen LogP contribution in [0.1, 0.15) is 120 Å². The first-order valence-corrected chi connectivity index (χ1v) is 14.5. The molecule has 1 spiro atoms. The molecule has 2 aliphatic carbocycles. The third-order valence-electron chi connectivity index (χ3n) is 12.2. The SMILES string of the molecule is CC(C)C(=O)CC[C@@]1(C)[C@@H]2CC[C@H](C)[C@@]1(CC[C@@]1(C)[C@@H](C)CC[C@@H]3OC(C)(C)[C@]4(O)CC[C@@]31O4)O2. The van der Waals surface area contributed by atoms with E-state index >= 15 is 0 Å². The number of ether oxygens (including phenoxy) is 3. The second-order valence-electron chi connectivity index (χ2n) is 14.3. The second kappa shape index (κ2) is 8.01. The zero-order valence-electron chi connectivity index (χ0n) is 23.5. The molecule has 4 saturated heterocycles. The maximum Gasteiger partial charge on any atom is 0.195 e. The fraction of sp³-hybridized carbons (Fsp3) is 0.967. The molecule has 0 amide bonds. The van der Waals surface area contributed by atoms with E-state index in [4.69, 9.17) is 14.2 Å². The van der Waals surface area contributed by atoms with E-state index in [9.17, 15) is 9.90 Å². The van der Waals surface area contributed by atoms with Gasteiger partial charge in [-0.3, -0.25) is 4.79 Å². The van der Waals surface area contributed by atoms with Crippen LogP contribution in [-0.2, 0) is 19.0 Å². The van der Waals surface area contributed by atoms with Crippen molar-refractivity contribution in [2.75, 3.05) is 0 Å². The highest BCUT2D eigenvalue weighted by molar-refractivity contribution is 5.80. The van der Waals surface area contributed by atoms with Gasteiger partial charge in [0.05, 0.1) is 17.8 Å². The third-order valence-corrected chi connectivity index (χ3v) is 12.2. The Morgan fingerprint density at radius 2 is 1.51 bits per heavy atom. The number of ketones is 1. The molecular formula is C30H50O5. The molecule has 0 radical (unpaired) electrons. The molecule has 4 heterocycles. The monoisotopic (exact) mass is 490 g/mol. The summed E-state index contributed by atoms with van der Waals surface area (Å²) >= 11 is 0. The number of hydrogen-bond donors (Lipinski definition) is 1. The standard InChI is InChI=1S/C30H50O5/c1-19(2)22(31)13-14-27(8)23-11-10-21(4)28(27,34-23)16-15-26(7)20(3)9-12-24-29(26)17-18-30(32,35-29)25(5,6)33-24/h19-21,23-24,32H,9-18H2,1-8H3/t20-,21-,23-,24-,26-,27-,28+,29+,30-/m0/s1. The molecule has 9 atom stereocenters. The van der Waals surface area contributed by atoms with Crippen LogP contribution in [0.15, 0.2) is 0 Å². The molecule has 6 aliphatic rings. The highest BCUT2D eigenvalue weighted by atomic mass is 16.7. The third kappa shape index (κ3) is 3.29. The van der Waals surface area contributed by atoms with Gasteiger partial charge in [-0.15, -0.1) is 0 Å². The van der Waals surface area contributed by atoms with Crippen molar-refractivity contribution >= 4 is 5.78 Å². The fourth-order valence-electron chi connectivity index (χ4n) is 9.11. The molecule has 0 unspecified atom stereocenters. The molecule has 0 aromatic heterocycles. The maximum absolute atomic E-state index is 12.6. The van der Waals surface area contributed by atoms with Gasteiger partial charge < -0.3 is 19.3 Å². The number of rotatable bonds is 7. The van der Waals surface area contributed by atoms with E-state index < -0.39 is 17.0 Å². The van der Waals surface area contributed by atoms with Gasteiger partial charge in [0.1, 0.15) is 17.0 Å². The van der Waals surface area contributed by atoms with Gasteiger partial charge >= 0.3 is 0 Å². The van der Waals surface area contributed by atoms with Crippen molar-refractivity contribution in [3.63, 3.8) is 0 Å². The number of carbonyl (C=O) groups excluding carboxylic acids is 1. The molecule has 4 bridgehead atoms. The Labute approximate surface area is 213 Å². The first kappa shape index (κ1) is 26.1. The molecular weight excluding hydrogens is 440 g/mol. The minimum absolute atomic E-state index is 0.0212. The van der Waals surface area contributed by atoms with Gasteiger partial charge in [-0.25, -0.2) is 0 Å². The summed E-state index contributed by atoms with van der Waals surface area (Å²) in [5.74, 6) is 0.201. The molecule has 0 aromatic rings. The van der Waals surface area contributed by atoms with Gasteiger partial charge in [-0.2, -0.15) is 0 Å². The lowest BCUT2D eigenvalue weighted by atomic mass is 9.48. The lowest BCUT2D eigenvalue weighted by Gasteiger charge is -2.70. The van der Waals surface area contributed by atoms with E-state index in [0.717, 1.165) is 44.9 Å². The zero-order valence-corrected chi connectivity index (χ0v) is 23.5. The van der Waals surface area contributed by atoms with E-state index in [-0.39, 0.29) is 34.6 Å². The number of fused-ring (bicyclic) bond motifs is 3. The van der Waals surface area contributed by atoms with Crippen LogP contribution in [0.25, 0.3) is 0 Å². The maximum atomic E-state index is 12.6. The van der Waals surface area contributed by atoms with Crippen LogP contribution in [0.2, 0.25) is 0 Å². The normalized spacial score (nSPS) is 52.2. The van der Waals surface area contributed by atoms with E-state index in [1.807, 2.05) is 27.7 Å². The lowest BCUT2D eigenvalue weighted by Crippen LogP contribution is -2.74. The van der Waals surface area contributed by atoms with Crippen LogP contribution in [0, 0.1) is 28.6 Å². The zero-order chi connectivity index (χ0) is 25.7. The van der Waals surface area contributed by atoms with Crippen molar-refractivity contribution in [1.82, 2.24) is 0 Å².